The molecule has 4 aromatic rings. The lowest BCUT2D eigenvalue weighted by atomic mass is 9.99. The maximum absolute atomic E-state index is 13.2. The van der Waals surface area contributed by atoms with Gasteiger partial charge in [0.1, 0.15) is 12.1 Å². The molecule has 0 bridgehead atoms. The van der Waals surface area contributed by atoms with Crippen LogP contribution in [0.1, 0.15) is 60.9 Å². The van der Waals surface area contributed by atoms with Crippen molar-refractivity contribution in [1.29, 1.82) is 0 Å². The molecule has 1 amide bonds. The number of carbonyl (C=O) groups is 1. The fourth-order valence-electron chi connectivity index (χ4n) is 4.73. The van der Waals surface area contributed by atoms with Crippen LogP contribution in [0.4, 0.5) is 11.6 Å². The van der Waals surface area contributed by atoms with Gasteiger partial charge in [0, 0.05) is 48.6 Å². The average molecular weight is 514 g/mol. The van der Waals surface area contributed by atoms with Gasteiger partial charge < -0.3 is 10.2 Å². The van der Waals surface area contributed by atoms with E-state index in [0.29, 0.717) is 24.0 Å². The molecular weight excluding hydrogens is 478 g/mol. The Morgan fingerprint density at radius 1 is 1.16 bits per heavy atom. The largest absolute Gasteiger partial charge is 0.329 e. The minimum absolute atomic E-state index is 0.0525. The van der Waals surface area contributed by atoms with Crippen LogP contribution in [0, 0.1) is 6.92 Å². The summed E-state index contributed by atoms with van der Waals surface area (Å²) in [5.41, 5.74) is 5.36. The van der Waals surface area contributed by atoms with Gasteiger partial charge in [0.15, 0.2) is 5.82 Å². The van der Waals surface area contributed by atoms with Crippen molar-refractivity contribution in [3.8, 4) is 11.3 Å². The Balaban J connectivity index is 1.35. The highest BCUT2D eigenvalue weighted by molar-refractivity contribution is 5.94. The standard InChI is InChI=1S/C28H35N9O/c1-18-11-20(7-8-21(18)16-36(28(3,4)5)27(38)22-14-31-32-15-22)23-12-25(30-17-29-23)33-26-13-24-19(2)35(6)9-10-37(24)34-26/h7-8,11-15,17,19H,9-10,16H2,1-6H3,(H,31,32)(H,29,30,33,34). The van der Waals surface area contributed by atoms with Gasteiger partial charge in [-0.2, -0.15) is 10.2 Å². The lowest BCUT2D eigenvalue weighted by Gasteiger charge is -2.36. The first-order valence-corrected chi connectivity index (χ1v) is 12.9. The highest BCUT2D eigenvalue weighted by atomic mass is 16.2. The van der Waals surface area contributed by atoms with Crippen LogP contribution < -0.4 is 5.32 Å². The normalized spacial score (nSPS) is 15.8. The van der Waals surface area contributed by atoms with E-state index in [-0.39, 0.29) is 11.4 Å². The van der Waals surface area contributed by atoms with Crippen molar-refractivity contribution in [2.24, 2.45) is 0 Å². The van der Waals surface area contributed by atoms with E-state index in [1.54, 1.807) is 18.7 Å². The van der Waals surface area contributed by atoms with E-state index in [2.05, 4.69) is 74.2 Å². The van der Waals surface area contributed by atoms with Crippen molar-refractivity contribution in [1.82, 2.24) is 39.7 Å². The van der Waals surface area contributed by atoms with Crippen molar-refractivity contribution in [2.45, 2.75) is 59.3 Å². The number of hydrogen-bond acceptors (Lipinski definition) is 7. The highest BCUT2D eigenvalue weighted by Crippen LogP contribution is 2.29. The van der Waals surface area contributed by atoms with E-state index in [4.69, 9.17) is 5.10 Å². The van der Waals surface area contributed by atoms with Gasteiger partial charge in [-0.1, -0.05) is 12.1 Å². The molecule has 0 saturated carbocycles. The molecule has 1 aliphatic heterocycles. The zero-order chi connectivity index (χ0) is 27.0. The fourth-order valence-corrected chi connectivity index (χ4v) is 4.73. The molecule has 5 rings (SSSR count). The molecule has 1 aromatic carbocycles. The number of carbonyl (C=O) groups excluding carboxylic acids is 1. The molecule has 0 fully saturated rings. The van der Waals surface area contributed by atoms with Gasteiger partial charge in [0.2, 0.25) is 0 Å². The van der Waals surface area contributed by atoms with Crippen LogP contribution >= 0.6 is 0 Å². The monoisotopic (exact) mass is 513 g/mol. The number of benzene rings is 1. The van der Waals surface area contributed by atoms with Crippen LogP contribution in [-0.2, 0) is 13.1 Å². The Hall–Kier alpha value is -4.05. The summed E-state index contributed by atoms with van der Waals surface area (Å²) in [5.74, 6) is 1.42. The number of anilines is 2. The number of nitrogens with zero attached hydrogens (tertiary/aromatic N) is 7. The molecule has 0 spiro atoms. The van der Waals surface area contributed by atoms with Gasteiger partial charge in [0.05, 0.1) is 29.7 Å². The van der Waals surface area contributed by atoms with Crippen LogP contribution in [-0.4, -0.2) is 64.8 Å². The second kappa shape index (κ2) is 10.0. The second-order valence-electron chi connectivity index (χ2n) is 10.9. The SMILES string of the molecule is Cc1cc(-c2cc(Nc3cc4n(n3)CCN(C)C4C)ncn2)ccc1CN(C(=O)c1cn[nH]c1)C(C)(C)C. The first kappa shape index (κ1) is 25.6. The number of aromatic amines is 1. The van der Waals surface area contributed by atoms with Crippen molar-refractivity contribution < 1.29 is 4.79 Å². The van der Waals surface area contributed by atoms with Crippen LogP contribution in [0.5, 0.6) is 0 Å². The van der Waals surface area contributed by atoms with Crippen LogP contribution in [0.3, 0.4) is 0 Å². The van der Waals surface area contributed by atoms with Gasteiger partial charge in [0.25, 0.3) is 5.91 Å². The number of aryl methyl sites for hydroxylation is 1. The molecule has 1 atom stereocenters. The Bertz CT molecular complexity index is 1440. The maximum Gasteiger partial charge on any atom is 0.257 e. The van der Waals surface area contributed by atoms with Gasteiger partial charge in [-0.15, -0.1) is 0 Å². The minimum atomic E-state index is -0.355. The summed E-state index contributed by atoms with van der Waals surface area (Å²) >= 11 is 0. The molecule has 10 nitrogen and oxygen atoms in total. The van der Waals surface area contributed by atoms with E-state index in [1.807, 2.05) is 37.8 Å². The number of rotatable bonds is 6. The van der Waals surface area contributed by atoms with Crippen molar-refractivity contribution >= 4 is 17.5 Å². The Labute approximate surface area is 223 Å². The third kappa shape index (κ3) is 5.17. The van der Waals surface area contributed by atoms with E-state index in [9.17, 15) is 4.79 Å². The quantitative estimate of drug-likeness (QED) is 0.389. The summed E-state index contributed by atoms with van der Waals surface area (Å²) in [6.45, 7) is 12.7. The van der Waals surface area contributed by atoms with Crippen molar-refractivity contribution in [2.75, 3.05) is 18.9 Å². The number of H-pyrrole nitrogens is 1. The van der Waals surface area contributed by atoms with Crippen molar-refractivity contribution in [3.05, 3.63) is 71.4 Å². The van der Waals surface area contributed by atoms with Crippen LogP contribution in [0.2, 0.25) is 0 Å². The van der Waals surface area contributed by atoms with Crippen LogP contribution in [0.25, 0.3) is 11.3 Å². The smallest absolute Gasteiger partial charge is 0.257 e. The third-order valence-corrected chi connectivity index (χ3v) is 7.25. The average Bonchev–Trinajstić information content (AvgIpc) is 3.55. The number of aromatic nitrogens is 6. The summed E-state index contributed by atoms with van der Waals surface area (Å²) in [6.07, 6.45) is 4.77. The lowest BCUT2D eigenvalue weighted by molar-refractivity contribution is 0.0558. The molecule has 1 aliphatic rings. The van der Waals surface area contributed by atoms with Crippen LogP contribution in [0.15, 0.2) is 49.1 Å². The molecule has 0 aliphatic carbocycles. The van der Waals surface area contributed by atoms with E-state index >= 15 is 0 Å². The first-order chi connectivity index (χ1) is 18.1. The van der Waals surface area contributed by atoms with Gasteiger partial charge in [-0.05, 0) is 58.9 Å². The number of amides is 1. The molecule has 1 unspecified atom stereocenters. The first-order valence-electron chi connectivity index (χ1n) is 12.9. The van der Waals surface area contributed by atoms with Crippen molar-refractivity contribution in [3.63, 3.8) is 0 Å². The molecular formula is C28H35N9O. The summed E-state index contributed by atoms with van der Waals surface area (Å²) < 4.78 is 2.06. The van der Waals surface area contributed by atoms with E-state index in [1.165, 1.54) is 5.69 Å². The predicted molar refractivity (Wildman–Crippen MR) is 147 cm³/mol. The molecule has 0 saturated heterocycles. The van der Waals surface area contributed by atoms with E-state index in [0.717, 1.165) is 41.3 Å². The molecule has 0 radical (unpaired) electrons. The number of hydrogen-bond donors (Lipinski definition) is 2. The molecule has 38 heavy (non-hydrogen) atoms. The number of nitrogens with one attached hydrogen (secondary N) is 2. The number of fused-ring (bicyclic) bond motifs is 1. The zero-order valence-corrected chi connectivity index (χ0v) is 22.9. The zero-order valence-electron chi connectivity index (χ0n) is 22.9. The molecule has 4 heterocycles. The second-order valence-corrected chi connectivity index (χ2v) is 10.9. The summed E-state index contributed by atoms with van der Waals surface area (Å²) in [5, 5.41) is 14.7. The highest BCUT2D eigenvalue weighted by Gasteiger charge is 2.28. The summed E-state index contributed by atoms with van der Waals surface area (Å²) in [4.78, 5) is 26.3. The Morgan fingerprint density at radius 2 is 1.97 bits per heavy atom. The molecule has 3 aromatic heterocycles. The predicted octanol–water partition coefficient (Wildman–Crippen LogP) is 4.56. The van der Waals surface area contributed by atoms with E-state index < -0.39 is 0 Å². The van der Waals surface area contributed by atoms with Gasteiger partial charge in [-0.25, -0.2) is 9.97 Å². The Morgan fingerprint density at radius 3 is 2.68 bits per heavy atom. The minimum Gasteiger partial charge on any atom is -0.329 e. The Kier molecular flexibility index (Phi) is 6.75. The molecule has 10 heteroatoms. The fraction of sp³-hybridized carbons (Fsp3) is 0.393. The van der Waals surface area contributed by atoms with Gasteiger partial charge >= 0.3 is 0 Å². The molecule has 198 valence electrons. The lowest BCUT2D eigenvalue weighted by Crippen LogP contribution is -2.45. The maximum atomic E-state index is 13.2. The summed E-state index contributed by atoms with van der Waals surface area (Å²) in [7, 11) is 2.14. The third-order valence-electron chi connectivity index (χ3n) is 7.25. The topological polar surface area (TPSA) is 108 Å². The number of likely N-dealkylation sites (N-methyl/N-ethyl adjacent to an activating group) is 1. The molecule has 2 N–H and O–H groups in total. The van der Waals surface area contributed by atoms with Gasteiger partial charge in [-0.3, -0.25) is 19.5 Å². The summed E-state index contributed by atoms with van der Waals surface area (Å²) in [6, 6.07) is 10.6.